The van der Waals surface area contributed by atoms with Gasteiger partial charge < -0.3 is 5.32 Å². The van der Waals surface area contributed by atoms with Crippen LogP contribution in [-0.4, -0.2) is 15.7 Å². The first-order valence-corrected chi connectivity index (χ1v) is 6.42. The van der Waals surface area contributed by atoms with Crippen LogP contribution in [0.15, 0.2) is 30.5 Å². The predicted molar refractivity (Wildman–Crippen MR) is 76.5 cm³/mol. The molecule has 0 fully saturated rings. The Hall–Kier alpha value is -2.32. The highest BCUT2D eigenvalue weighted by Crippen LogP contribution is 2.19. The molecular weight excluding hydrogens is 276 g/mol. The van der Waals surface area contributed by atoms with Crippen molar-refractivity contribution in [3.05, 3.63) is 46.7 Å². The minimum absolute atomic E-state index is 0.258. The van der Waals surface area contributed by atoms with E-state index in [0.29, 0.717) is 22.0 Å². The minimum Gasteiger partial charge on any atom is -0.323 e. The normalized spacial score (nSPS) is 11.7. The van der Waals surface area contributed by atoms with Crippen molar-refractivity contribution in [3.8, 4) is 6.07 Å². The first-order chi connectivity index (χ1) is 9.52. The molecule has 0 aliphatic carbocycles. The summed E-state index contributed by atoms with van der Waals surface area (Å²) in [5.41, 5.74) is 1.58. The molecule has 5 nitrogen and oxygen atoms in total. The maximum absolute atomic E-state index is 12.2. The average molecular weight is 289 g/mol. The van der Waals surface area contributed by atoms with Crippen molar-refractivity contribution in [2.75, 3.05) is 5.32 Å². The first kappa shape index (κ1) is 14.1. The second-order valence-electron chi connectivity index (χ2n) is 4.37. The standard InChI is InChI=1S/C14H13ClN4O/c1-9-12(15)8-19(18-9)10(2)14(20)17-13-6-4-3-5-11(13)7-16/h3-6,8,10H,1-2H3,(H,17,20). The van der Waals surface area contributed by atoms with Crippen molar-refractivity contribution in [1.29, 1.82) is 5.26 Å². The molecule has 1 aromatic heterocycles. The molecule has 102 valence electrons. The topological polar surface area (TPSA) is 70.7 Å². The van der Waals surface area contributed by atoms with Crippen LogP contribution < -0.4 is 5.32 Å². The Kier molecular flexibility index (Phi) is 4.06. The summed E-state index contributed by atoms with van der Waals surface area (Å²) in [7, 11) is 0. The number of benzene rings is 1. The van der Waals surface area contributed by atoms with Crippen molar-refractivity contribution in [1.82, 2.24) is 9.78 Å². The maximum atomic E-state index is 12.2. The number of amides is 1. The number of carbonyl (C=O) groups excluding carboxylic acids is 1. The number of halogens is 1. The molecule has 20 heavy (non-hydrogen) atoms. The molecule has 1 N–H and O–H groups in total. The second-order valence-corrected chi connectivity index (χ2v) is 4.77. The smallest absolute Gasteiger partial charge is 0.248 e. The molecule has 1 aromatic carbocycles. The Bertz CT molecular complexity index is 667. The van der Waals surface area contributed by atoms with E-state index in [4.69, 9.17) is 16.9 Å². The third-order valence-corrected chi connectivity index (χ3v) is 3.31. The van der Waals surface area contributed by atoms with Crippen LogP contribution in [-0.2, 0) is 4.79 Å². The lowest BCUT2D eigenvalue weighted by Crippen LogP contribution is -2.24. The van der Waals surface area contributed by atoms with Gasteiger partial charge >= 0.3 is 0 Å². The number of para-hydroxylation sites is 1. The monoisotopic (exact) mass is 288 g/mol. The SMILES string of the molecule is Cc1nn(C(C)C(=O)Nc2ccccc2C#N)cc1Cl. The van der Waals surface area contributed by atoms with Gasteiger partial charge in [-0.05, 0) is 26.0 Å². The molecule has 0 bridgehead atoms. The summed E-state index contributed by atoms with van der Waals surface area (Å²) in [6.07, 6.45) is 1.61. The lowest BCUT2D eigenvalue weighted by atomic mass is 10.2. The van der Waals surface area contributed by atoms with Crippen molar-refractivity contribution < 1.29 is 4.79 Å². The Balaban J connectivity index is 2.18. The van der Waals surface area contributed by atoms with Crippen molar-refractivity contribution >= 4 is 23.2 Å². The van der Waals surface area contributed by atoms with Crippen molar-refractivity contribution in [3.63, 3.8) is 0 Å². The zero-order valence-electron chi connectivity index (χ0n) is 11.1. The Labute approximate surface area is 121 Å². The summed E-state index contributed by atoms with van der Waals surface area (Å²) in [5.74, 6) is -0.258. The van der Waals surface area contributed by atoms with Crippen LogP contribution in [0.1, 0.15) is 24.2 Å². The molecule has 2 rings (SSSR count). The van der Waals surface area contributed by atoms with E-state index in [0.717, 1.165) is 0 Å². The third-order valence-electron chi connectivity index (χ3n) is 2.94. The van der Waals surface area contributed by atoms with Gasteiger partial charge in [0.2, 0.25) is 5.91 Å². The van der Waals surface area contributed by atoms with E-state index in [9.17, 15) is 4.79 Å². The molecule has 0 saturated heterocycles. The second kappa shape index (κ2) is 5.76. The van der Waals surface area contributed by atoms with E-state index in [1.165, 1.54) is 4.68 Å². The van der Waals surface area contributed by atoms with Crippen LogP contribution in [0.3, 0.4) is 0 Å². The highest BCUT2D eigenvalue weighted by Gasteiger charge is 2.18. The van der Waals surface area contributed by atoms with Gasteiger partial charge in [0.25, 0.3) is 0 Å². The van der Waals surface area contributed by atoms with Gasteiger partial charge in [-0.1, -0.05) is 23.7 Å². The zero-order valence-corrected chi connectivity index (χ0v) is 11.8. The number of rotatable bonds is 3. The lowest BCUT2D eigenvalue weighted by Gasteiger charge is -2.13. The van der Waals surface area contributed by atoms with Crippen LogP contribution in [0.4, 0.5) is 5.69 Å². The summed E-state index contributed by atoms with van der Waals surface area (Å²) in [4.78, 5) is 12.2. The molecule has 2 aromatic rings. The predicted octanol–water partition coefficient (Wildman–Crippen LogP) is 2.92. The summed E-state index contributed by atoms with van der Waals surface area (Å²) >= 11 is 5.93. The van der Waals surface area contributed by atoms with Gasteiger partial charge in [-0.3, -0.25) is 9.48 Å². The number of hydrogen-bond acceptors (Lipinski definition) is 3. The molecule has 1 heterocycles. The van der Waals surface area contributed by atoms with Gasteiger partial charge in [-0.15, -0.1) is 0 Å². The fourth-order valence-electron chi connectivity index (χ4n) is 1.70. The molecular formula is C14H13ClN4O. The molecule has 1 amide bonds. The number of aromatic nitrogens is 2. The number of nitrogens with one attached hydrogen (secondary N) is 1. The fourth-order valence-corrected chi connectivity index (χ4v) is 1.84. The van der Waals surface area contributed by atoms with Crippen LogP contribution in [0.25, 0.3) is 0 Å². The molecule has 1 atom stereocenters. The Morgan fingerprint density at radius 3 is 2.80 bits per heavy atom. The Morgan fingerprint density at radius 2 is 2.20 bits per heavy atom. The summed E-state index contributed by atoms with van der Waals surface area (Å²) < 4.78 is 1.50. The van der Waals surface area contributed by atoms with Crippen LogP contribution >= 0.6 is 11.6 Å². The molecule has 6 heteroatoms. The van der Waals surface area contributed by atoms with E-state index in [2.05, 4.69) is 10.4 Å². The minimum atomic E-state index is -0.520. The maximum Gasteiger partial charge on any atom is 0.248 e. The number of nitrogens with zero attached hydrogens (tertiary/aromatic N) is 3. The largest absolute Gasteiger partial charge is 0.323 e. The quantitative estimate of drug-likeness (QED) is 0.944. The molecule has 1 unspecified atom stereocenters. The van der Waals surface area contributed by atoms with Crippen molar-refractivity contribution in [2.45, 2.75) is 19.9 Å². The number of aryl methyl sites for hydroxylation is 1. The van der Waals surface area contributed by atoms with E-state index in [1.54, 1.807) is 44.3 Å². The molecule has 0 aliphatic heterocycles. The Morgan fingerprint density at radius 1 is 1.50 bits per heavy atom. The van der Waals surface area contributed by atoms with E-state index in [-0.39, 0.29) is 5.91 Å². The fraction of sp³-hybridized carbons (Fsp3) is 0.214. The molecule has 0 radical (unpaired) electrons. The highest BCUT2D eigenvalue weighted by atomic mass is 35.5. The van der Waals surface area contributed by atoms with Gasteiger partial charge in [0.15, 0.2) is 0 Å². The van der Waals surface area contributed by atoms with Crippen LogP contribution in [0.2, 0.25) is 5.02 Å². The van der Waals surface area contributed by atoms with Gasteiger partial charge in [0.1, 0.15) is 12.1 Å². The van der Waals surface area contributed by atoms with E-state index >= 15 is 0 Å². The molecule has 0 saturated carbocycles. The number of anilines is 1. The third kappa shape index (κ3) is 2.81. The average Bonchev–Trinajstić information content (AvgIpc) is 2.78. The van der Waals surface area contributed by atoms with E-state index < -0.39 is 6.04 Å². The highest BCUT2D eigenvalue weighted by molar-refractivity contribution is 6.31. The number of hydrogen-bond donors (Lipinski definition) is 1. The first-order valence-electron chi connectivity index (χ1n) is 6.04. The lowest BCUT2D eigenvalue weighted by molar-refractivity contribution is -0.119. The number of nitriles is 1. The number of carbonyl (C=O) groups is 1. The van der Waals surface area contributed by atoms with E-state index in [1.807, 2.05) is 6.07 Å². The van der Waals surface area contributed by atoms with Gasteiger partial charge in [0.05, 0.1) is 22.0 Å². The van der Waals surface area contributed by atoms with Crippen molar-refractivity contribution in [2.24, 2.45) is 0 Å². The summed E-state index contributed by atoms with van der Waals surface area (Å²) in [5, 5.41) is 16.4. The molecule has 0 spiro atoms. The summed E-state index contributed by atoms with van der Waals surface area (Å²) in [6, 6.07) is 8.35. The van der Waals surface area contributed by atoms with Crippen LogP contribution in [0, 0.1) is 18.3 Å². The summed E-state index contributed by atoms with van der Waals surface area (Å²) in [6.45, 7) is 3.49. The zero-order chi connectivity index (χ0) is 14.7. The van der Waals surface area contributed by atoms with Crippen LogP contribution in [0.5, 0.6) is 0 Å². The van der Waals surface area contributed by atoms with Gasteiger partial charge in [-0.2, -0.15) is 10.4 Å². The molecule has 0 aliphatic rings. The van der Waals surface area contributed by atoms with Gasteiger partial charge in [-0.25, -0.2) is 0 Å². The van der Waals surface area contributed by atoms with Gasteiger partial charge in [0, 0.05) is 6.20 Å².